The molecule has 0 saturated carbocycles. The molecule has 0 N–H and O–H groups in total. The van der Waals surface area contributed by atoms with E-state index in [1.54, 1.807) is 11.8 Å². The van der Waals surface area contributed by atoms with Gasteiger partial charge in [-0.3, -0.25) is 0 Å². The second kappa shape index (κ2) is 19.1. The van der Waals surface area contributed by atoms with Gasteiger partial charge in [0.05, 0.1) is 9.79 Å². The summed E-state index contributed by atoms with van der Waals surface area (Å²) in [6.07, 6.45) is 0. The van der Waals surface area contributed by atoms with Crippen LogP contribution in [0, 0.1) is 0 Å². The van der Waals surface area contributed by atoms with Gasteiger partial charge in [-0.15, -0.1) is 0 Å². The van der Waals surface area contributed by atoms with Crippen molar-refractivity contribution >= 4 is 93.6 Å². The van der Waals surface area contributed by atoms with E-state index in [0.29, 0.717) is 34.5 Å². The van der Waals surface area contributed by atoms with E-state index in [9.17, 15) is 0 Å². The molecule has 12 aromatic rings. The maximum atomic E-state index is 7.03. The van der Waals surface area contributed by atoms with E-state index in [-0.39, 0.29) is 0 Å². The molecular weight excluding hydrogens is 911 g/mol. The molecule has 0 bridgehead atoms. The van der Waals surface area contributed by atoms with Crippen LogP contribution in [0.1, 0.15) is 0 Å². The van der Waals surface area contributed by atoms with Gasteiger partial charge in [0, 0.05) is 0 Å². The topological polar surface area (TPSA) is 55.4 Å². The Morgan fingerprint density at radius 3 is 0.812 bits per heavy atom. The average molecular weight is 951 g/mol. The highest BCUT2D eigenvalue weighted by Gasteiger charge is 2.27. The zero-order chi connectivity index (χ0) is 45.9. The predicted molar refractivity (Wildman–Crippen MR) is 285 cm³/mol. The van der Waals surface area contributed by atoms with Crippen molar-refractivity contribution in [3.05, 3.63) is 243 Å². The fourth-order valence-electron chi connectivity index (χ4n) is 8.42. The van der Waals surface area contributed by atoms with Crippen molar-refractivity contribution in [3.8, 4) is 34.5 Å². The van der Waals surface area contributed by atoms with Crippen molar-refractivity contribution in [1.82, 2.24) is 0 Å². The fourth-order valence-corrected chi connectivity index (χ4v) is 11.7. The standard InChI is InChI=1S/C60H40O6P2S/c1-5-19-47-37-51(31-25-41(47)13-1)61-67(62-52-32-26-42-14-2-6-20-48(42)38-52)65-57-35-29-45-17-9-11-23-55(45)59(57)69-60-56-24-12-10-18-46(56)30-36-58(60)66-68(63-53-33-27-43-15-3-7-21-49(43)39-53)64-54-34-28-44-16-4-8-22-50(44)40-54/h1-40H. The smallest absolute Gasteiger partial charge is 0.408 e. The predicted octanol–water partition coefficient (Wildman–Crippen LogP) is 18.3. The van der Waals surface area contributed by atoms with Crippen LogP contribution in [0.2, 0.25) is 0 Å². The molecule has 0 fully saturated rings. The molecule has 12 aromatic carbocycles. The first kappa shape index (κ1) is 42.6. The molecule has 0 amide bonds. The SMILES string of the molecule is c1ccc2cc(OP(Oc3ccc4ccccc4c3)Oc3ccc4ccccc4c3Sc3c(OP(Oc4ccc5ccccc5c4)Oc4ccc5ccccc5c4)ccc4ccccc34)ccc2c1. The van der Waals surface area contributed by atoms with Gasteiger partial charge in [-0.25, -0.2) is 0 Å². The van der Waals surface area contributed by atoms with E-state index in [4.69, 9.17) is 27.1 Å². The van der Waals surface area contributed by atoms with E-state index >= 15 is 0 Å². The second-order valence-corrected chi connectivity index (χ2v) is 19.4. The molecule has 0 aliphatic heterocycles. The highest BCUT2D eigenvalue weighted by atomic mass is 32.2. The molecule has 0 atom stereocenters. The maximum Gasteiger partial charge on any atom is 0.530 e. The lowest BCUT2D eigenvalue weighted by atomic mass is 10.1. The van der Waals surface area contributed by atoms with Crippen LogP contribution in [0.5, 0.6) is 34.5 Å². The Morgan fingerprint density at radius 1 is 0.232 bits per heavy atom. The van der Waals surface area contributed by atoms with Crippen LogP contribution in [0.15, 0.2) is 252 Å². The molecule has 0 spiro atoms. The number of hydrogen-bond acceptors (Lipinski definition) is 7. The minimum atomic E-state index is -2.07. The normalized spacial score (nSPS) is 11.5. The van der Waals surface area contributed by atoms with Gasteiger partial charge in [0.1, 0.15) is 34.5 Å². The molecule has 6 nitrogen and oxygen atoms in total. The summed E-state index contributed by atoms with van der Waals surface area (Å²) >= 11 is 1.56. The lowest BCUT2D eigenvalue weighted by molar-refractivity contribution is 0.385. The van der Waals surface area contributed by atoms with Gasteiger partial charge in [0.15, 0.2) is 0 Å². The van der Waals surface area contributed by atoms with E-state index < -0.39 is 17.2 Å². The molecule has 0 aromatic heterocycles. The monoisotopic (exact) mass is 950 g/mol. The number of benzene rings is 12. The van der Waals surface area contributed by atoms with Crippen LogP contribution in [-0.4, -0.2) is 0 Å². The third-order valence-corrected chi connectivity index (χ3v) is 15.2. The molecule has 0 heterocycles. The first-order valence-electron chi connectivity index (χ1n) is 22.5. The van der Waals surface area contributed by atoms with Crippen LogP contribution in [-0.2, 0) is 0 Å². The highest BCUT2D eigenvalue weighted by Crippen LogP contribution is 2.53. The third-order valence-electron chi connectivity index (χ3n) is 11.8. The van der Waals surface area contributed by atoms with Crippen molar-refractivity contribution in [2.45, 2.75) is 9.79 Å². The minimum Gasteiger partial charge on any atom is -0.408 e. The van der Waals surface area contributed by atoms with Gasteiger partial charge < -0.3 is 27.1 Å². The Hall–Kier alpha value is -7.79. The van der Waals surface area contributed by atoms with Gasteiger partial charge in [0.25, 0.3) is 0 Å². The lowest BCUT2D eigenvalue weighted by Crippen LogP contribution is -2.04. The molecule has 0 unspecified atom stereocenters. The van der Waals surface area contributed by atoms with Gasteiger partial charge in [-0.05, 0) is 125 Å². The average Bonchev–Trinajstić information content (AvgIpc) is 3.39. The first-order valence-corrected chi connectivity index (χ1v) is 25.5. The van der Waals surface area contributed by atoms with Gasteiger partial charge in [-0.2, -0.15) is 0 Å². The summed E-state index contributed by atoms with van der Waals surface area (Å²) in [5, 5.41) is 12.7. The van der Waals surface area contributed by atoms with Crippen molar-refractivity contribution in [1.29, 1.82) is 0 Å². The molecular formula is C60H40O6P2S. The Labute approximate surface area is 405 Å². The quantitative estimate of drug-likeness (QED) is 0.101. The summed E-state index contributed by atoms with van der Waals surface area (Å²) in [4.78, 5) is 1.72. The molecule has 12 rings (SSSR count). The summed E-state index contributed by atoms with van der Waals surface area (Å²) in [5.74, 6) is 3.70. The van der Waals surface area contributed by atoms with E-state index in [1.807, 2.05) is 133 Å². The summed E-state index contributed by atoms with van der Waals surface area (Å²) in [6.45, 7) is 0. The molecule has 69 heavy (non-hydrogen) atoms. The van der Waals surface area contributed by atoms with Gasteiger partial charge in [-0.1, -0.05) is 194 Å². The van der Waals surface area contributed by atoms with Crippen molar-refractivity contribution in [2.24, 2.45) is 0 Å². The maximum absolute atomic E-state index is 7.03. The Morgan fingerprint density at radius 2 is 0.493 bits per heavy atom. The number of rotatable bonds is 14. The Bertz CT molecular complexity index is 3430. The third kappa shape index (κ3) is 9.29. The summed E-state index contributed by atoms with van der Waals surface area (Å²) in [5.41, 5.74) is 0. The molecule has 0 saturated heterocycles. The van der Waals surface area contributed by atoms with Crippen LogP contribution in [0.3, 0.4) is 0 Å². The van der Waals surface area contributed by atoms with E-state index in [0.717, 1.165) is 74.4 Å². The number of fused-ring (bicyclic) bond motifs is 6. The fraction of sp³-hybridized carbons (Fsp3) is 0. The van der Waals surface area contributed by atoms with Crippen molar-refractivity contribution < 1.29 is 27.1 Å². The van der Waals surface area contributed by atoms with Gasteiger partial charge >= 0.3 is 17.2 Å². The Balaban J connectivity index is 0.945. The molecule has 332 valence electrons. The van der Waals surface area contributed by atoms with Crippen molar-refractivity contribution in [3.63, 3.8) is 0 Å². The first-order chi connectivity index (χ1) is 34.1. The highest BCUT2D eigenvalue weighted by molar-refractivity contribution is 8.00. The largest absolute Gasteiger partial charge is 0.530 e. The van der Waals surface area contributed by atoms with Crippen molar-refractivity contribution in [2.75, 3.05) is 0 Å². The van der Waals surface area contributed by atoms with E-state index in [2.05, 4.69) is 109 Å². The zero-order valence-electron chi connectivity index (χ0n) is 36.8. The summed E-state index contributed by atoms with van der Waals surface area (Å²) < 4.78 is 41.0. The zero-order valence-corrected chi connectivity index (χ0v) is 39.5. The van der Waals surface area contributed by atoms with Crippen LogP contribution in [0.4, 0.5) is 0 Å². The van der Waals surface area contributed by atoms with Crippen LogP contribution in [0.25, 0.3) is 64.6 Å². The molecule has 9 heteroatoms. The van der Waals surface area contributed by atoms with Gasteiger partial charge in [0.2, 0.25) is 0 Å². The molecule has 0 aliphatic carbocycles. The molecule has 0 radical (unpaired) electrons. The molecule has 0 aliphatic rings. The Kier molecular flexibility index (Phi) is 11.8. The second-order valence-electron chi connectivity index (χ2n) is 16.4. The number of hydrogen-bond donors (Lipinski definition) is 0. The van der Waals surface area contributed by atoms with Crippen LogP contribution < -0.4 is 27.1 Å². The van der Waals surface area contributed by atoms with Crippen LogP contribution >= 0.6 is 29.0 Å². The minimum absolute atomic E-state index is 0.590. The van der Waals surface area contributed by atoms with E-state index in [1.165, 1.54) is 0 Å². The lowest BCUT2D eigenvalue weighted by Gasteiger charge is -2.22. The summed E-state index contributed by atoms with van der Waals surface area (Å²) in [6, 6.07) is 81.7. The summed E-state index contributed by atoms with van der Waals surface area (Å²) in [7, 11) is -4.13.